The summed E-state index contributed by atoms with van der Waals surface area (Å²) in [7, 11) is 0. The number of hydrogen-bond acceptors (Lipinski definition) is 4. The molecule has 1 amide bonds. The minimum atomic E-state index is -4.69. The quantitative estimate of drug-likeness (QED) is 0.617. The molecular formula is C16H19F3N2O4. The molecule has 1 heterocycles. The predicted molar refractivity (Wildman–Crippen MR) is 83.7 cm³/mol. The Morgan fingerprint density at radius 2 is 1.88 bits per heavy atom. The first-order valence-electron chi connectivity index (χ1n) is 7.41. The Kier molecular flexibility index (Phi) is 6.28. The van der Waals surface area contributed by atoms with Gasteiger partial charge >= 0.3 is 12.3 Å². The first kappa shape index (κ1) is 20.6. The van der Waals surface area contributed by atoms with Crippen molar-refractivity contribution in [2.75, 3.05) is 4.90 Å². The second kappa shape index (κ2) is 7.62. The number of rotatable bonds is 6. The number of alkyl halides is 3. The van der Waals surface area contributed by atoms with E-state index in [2.05, 4.69) is 4.98 Å². The van der Waals surface area contributed by atoms with E-state index in [-0.39, 0.29) is 17.8 Å². The Morgan fingerprint density at radius 1 is 1.28 bits per heavy atom. The lowest BCUT2D eigenvalue weighted by molar-refractivity contribution is -0.175. The third-order valence-corrected chi connectivity index (χ3v) is 3.39. The van der Waals surface area contributed by atoms with Crippen molar-refractivity contribution >= 4 is 24.0 Å². The molecule has 0 saturated carbocycles. The number of nitrogens with zero attached hydrogens (tertiary/aromatic N) is 2. The van der Waals surface area contributed by atoms with Crippen molar-refractivity contribution in [2.45, 2.75) is 45.3 Å². The lowest BCUT2D eigenvalue weighted by Crippen LogP contribution is -2.45. The predicted octanol–water partition coefficient (Wildman–Crippen LogP) is 3.70. The highest BCUT2D eigenvalue weighted by Gasteiger charge is 2.40. The van der Waals surface area contributed by atoms with Gasteiger partial charge in [0.15, 0.2) is 5.78 Å². The van der Waals surface area contributed by atoms with Crippen molar-refractivity contribution in [1.29, 1.82) is 0 Å². The fraction of sp³-hybridized carbons (Fsp3) is 0.500. The van der Waals surface area contributed by atoms with Gasteiger partial charge in [0.2, 0.25) is 0 Å². The summed E-state index contributed by atoms with van der Waals surface area (Å²) in [6, 6.07) is 3.91. The minimum Gasteiger partial charge on any atom is -0.465 e. The molecule has 1 aromatic heterocycles. The van der Waals surface area contributed by atoms with Crippen LogP contribution < -0.4 is 4.90 Å². The van der Waals surface area contributed by atoms with Crippen LogP contribution >= 0.6 is 0 Å². The van der Waals surface area contributed by atoms with Gasteiger partial charge in [0.05, 0.1) is 5.92 Å². The maximum absolute atomic E-state index is 12.8. The minimum absolute atomic E-state index is 0.0650. The number of hydrogen-bond donors (Lipinski definition) is 1. The summed E-state index contributed by atoms with van der Waals surface area (Å²) >= 11 is 0. The highest BCUT2D eigenvalue weighted by Crippen LogP contribution is 2.32. The summed E-state index contributed by atoms with van der Waals surface area (Å²) in [4.78, 5) is 38.8. The summed E-state index contributed by atoms with van der Waals surface area (Å²) in [6.07, 6.45) is -7.63. The van der Waals surface area contributed by atoms with Crippen molar-refractivity contribution < 1.29 is 32.7 Å². The van der Waals surface area contributed by atoms with E-state index in [0.29, 0.717) is 0 Å². The van der Waals surface area contributed by atoms with E-state index in [9.17, 15) is 32.7 Å². The van der Waals surface area contributed by atoms with Gasteiger partial charge in [0.25, 0.3) is 0 Å². The van der Waals surface area contributed by atoms with E-state index in [4.69, 9.17) is 0 Å². The summed E-state index contributed by atoms with van der Waals surface area (Å²) in [5, 5.41) is 9.33. The monoisotopic (exact) mass is 360 g/mol. The van der Waals surface area contributed by atoms with Crippen LogP contribution in [0.3, 0.4) is 0 Å². The number of aromatic nitrogens is 1. The number of carbonyl (C=O) groups is 3. The van der Waals surface area contributed by atoms with Crippen molar-refractivity contribution in [3.05, 3.63) is 23.9 Å². The van der Waals surface area contributed by atoms with Gasteiger partial charge in [-0.15, -0.1) is 0 Å². The van der Waals surface area contributed by atoms with Crippen LogP contribution in [-0.2, 0) is 4.79 Å². The second-order valence-corrected chi connectivity index (χ2v) is 6.44. The molecule has 0 aliphatic carbocycles. The molecule has 138 valence electrons. The molecule has 0 bridgehead atoms. The van der Waals surface area contributed by atoms with Gasteiger partial charge in [-0.05, 0) is 32.9 Å². The number of amides is 1. The average molecular weight is 360 g/mol. The van der Waals surface area contributed by atoms with Crippen LogP contribution in [0.15, 0.2) is 18.2 Å². The molecule has 0 fully saturated rings. The number of halogens is 3. The van der Waals surface area contributed by atoms with E-state index in [1.54, 1.807) is 20.8 Å². The van der Waals surface area contributed by atoms with Crippen molar-refractivity contribution in [1.82, 2.24) is 4.98 Å². The number of ketones is 1. The molecule has 9 heteroatoms. The van der Waals surface area contributed by atoms with Crippen LogP contribution in [0.25, 0.3) is 0 Å². The first-order valence-corrected chi connectivity index (χ1v) is 7.41. The highest BCUT2D eigenvalue weighted by atomic mass is 19.4. The van der Waals surface area contributed by atoms with Crippen LogP contribution in [-0.4, -0.2) is 40.0 Å². The van der Waals surface area contributed by atoms with Crippen molar-refractivity contribution in [2.24, 2.45) is 5.92 Å². The molecule has 25 heavy (non-hydrogen) atoms. The van der Waals surface area contributed by atoms with Crippen molar-refractivity contribution in [3.63, 3.8) is 0 Å². The zero-order valence-corrected chi connectivity index (χ0v) is 14.0. The fourth-order valence-corrected chi connectivity index (χ4v) is 2.21. The molecule has 1 atom stereocenters. The second-order valence-electron chi connectivity index (χ2n) is 6.44. The van der Waals surface area contributed by atoms with Gasteiger partial charge in [0, 0.05) is 18.4 Å². The van der Waals surface area contributed by atoms with Crippen LogP contribution in [0.4, 0.5) is 23.8 Å². The summed E-state index contributed by atoms with van der Waals surface area (Å²) < 4.78 is 38.5. The molecule has 0 aliphatic rings. The average Bonchev–Trinajstić information content (AvgIpc) is 2.44. The topological polar surface area (TPSA) is 87.6 Å². The number of anilines is 1. The highest BCUT2D eigenvalue weighted by molar-refractivity contribution is 5.95. The van der Waals surface area contributed by atoms with E-state index >= 15 is 0 Å². The molecule has 0 aromatic carbocycles. The van der Waals surface area contributed by atoms with Crippen LogP contribution in [0.5, 0.6) is 0 Å². The number of carboxylic acid groups (broad SMARTS) is 1. The molecule has 0 saturated heterocycles. The molecule has 0 aliphatic heterocycles. The van der Waals surface area contributed by atoms with E-state index in [1.807, 2.05) is 0 Å². The van der Waals surface area contributed by atoms with Crippen LogP contribution in [0.2, 0.25) is 0 Å². The SMILES string of the molecule is CC(C)(C)N(C(=O)O)c1cccc(C(=O)C[C@@H](CC=O)C(F)(F)F)n1. The Hall–Kier alpha value is -2.45. The normalized spacial score (nSPS) is 13.2. The number of carbonyl (C=O) groups excluding carboxylic acids is 2. The summed E-state index contributed by atoms with van der Waals surface area (Å²) in [5.41, 5.74) is -1.15. The van der Waals surface area contributed by atoms with Crippen LogP contribution in [0, 0.1) is 5.92 Å². The molecule has 1 rings (SSSR count). The largest absolute Gasteiger partial charge is 0.465 e. The molecule has 1 N–H and O–H groups in total. The van der Waals surface area contributed by atoms with Gasteiger partial charge in [-0.25, -0.2) is 9.78 Å². The van der Waals surface area contributed by atoms with E-state index < -0.39 is 42.4 Å². The first-order chi connectivity index (χ1) is 11.4. The number of Topliss-reactive ketones (excluding diaryl/α,β-unsaturated/α-hetero) is 1. The maximum Gasteiger partial charge on any atom is 0.413 e. The molecule has 1 aromatic rings. The zero-order valence-electron chi connectivity index (χ0n) is 14.0. The Labute approximate surface area is 142 Å². The lowest BCUT2D eigenvalue weighted by Gasteiger charge is -2.32. The Morgan fingerprint density at radius 3 is 2.32 bits per heavy atom. The molecule has 6 nitrogen and oxygen atoms in total. The molecule has 0 spiro atoms. The maximum atomic E-state index is 12.8. The zero-order chi connectivity index (χ0) is 19.4. The van der Waals surface area contributed by atoms with E-state index in [1.165, 1.54) is 18.2 Å². The van der Waals surface area contributed by atoms with Crippen molar-refractivity contribution in [3.8, 4) is 0 Å². The fourth-order valence-electron chi connectivity index (χ4n) is 2.21. The molecular weight excluding hydrogens is 341 g/mol. The van der Waals surface area contributed by atoms with Gasteiger partial charge < -0.3 is 9.90 Å². The van der Waals surface area contributed by atoms with Gasteiger partial charge in [0.1, 0.15) is 17.8 Å². The Balaban J connectivity index is 3.13. The third-order valence-electron chi connectivity index (χ3n) is 3.39. The van der Waals surface area contributed by atoms with Crippen LogP contribution in [0.1, 0.15) is 44.1 Å². The van der Waals surface area contributed by atoms with Gasteiger partial charge in [-0.3, -0.25) is 9.69 Å². The van der Waals surface area contributed by atoms with E-state index in [0.717, 1.165) is 4.90 Å². The standard InChI is InChI=1S/C16H19F3N2O4/c1-15(2,3)21(14(24)25)13-6-4-5-11(20-13)12(23)9-10(7-8-22)16(17,18)19/h4-6,8,10H,7,9H2,1-3H3,(H,24,25)/t10-/m1/s1. The van der Waals surface area contributed by atoms with Gasteiger partial charge in [-0.2, -0.15) is 13.2 Å². The summed E-state index contributed by atoms with van der Waals surface area (Å²) in [5.74, 6) is -3.07. The lowest BCUT2D eigenvalue weighted by atomic mass is 9.97. The number of aldehydes is 1. The summed E-state index contributed by atoms with van der Waals surface area (Å²) in [6.45, 7) is 4.84. The smallest absolute Gasteiger partial charge is 0.413 e. The molecule has 0 radical (unpaired) electrons. The number of pyridine rings is 1. The molecule has 0 unspecified atom stereocenters. The Bertz CT molecular complexity index is 654. The third kappa shape index (κ3) is 5.54. The van der Waals surface area contributed by atoms with Gasteiger partial charge in [-0.1, -0.05) is 6.07 Å².